The van der Waals surface area contributed by atoms with E-state index in [0.29, 0.717) is 28.6 Å². The predicted molar refractivity (Wildman–Crippen MR) is 122 cm³/mol. The third-order valence-corrected chi connectivity index (χ3v) is 5.33. The quantitative estimate of drug-likeness (QED) is 0.336. The van der Waals surface area contributed by atoms with Gasteiger partial charge in [-0.05, 0) is 36.4 Å². The molecule has 3 aromatic carbocycles. The van der Waals surface area contributed by atoms with Crippen LogP contribution in [-0.4, -0.2) is 23.2 Å². The van der Waals surface area contributed by atoms with Gasteiger partial charge < -0.3 is 14.3 Å². The van der Waals surface area contributed by atoms with E-state index in [1.165, 1.54) is 18.3 Å². The Labute approximate surface area is 188 Å². The summed E-state index contributed by atoms with van der Waals surface area (Å²) in [5, 5.41) is 13.2. The van der Waals surface area contributed by atoms with Crippen LogP contribution in [-0.2, 0) is 4.79 Å². The zero-order valence-electron chi connectivity index (χ0n) is 17.3. The van der Waals surface area contributed by atoms with Gasteiger partial charge in [-0.2, -0.15) is 5.10 Å². The van der Waals surface area contributed by atoms with Gasteiger partial charge in [-0.15, -0.1) is 0 Å². The Kier molecular flexibility index (Phi) is 5.20. The lowest BCUT2D eigenvalue weighted by molar-refractivity contribution is -0.121. The standard InChI is InChI=1S/C26H18N2O5/c29-25(24-19-8-1-3-10-22(19)33-23-11-4-2-9-20(23)24)28-27-15-18-12-13-21(32-18)16-6-5-7-17(14-16)26(30)31/h1-15,24H,(H,28,29)(H,30,31). The van der Waals surface area contributed by atoms with Crippen LogP contribution in [0.1, 0.15) is 33.2 Å². The van der Waals surface area contributed by atoms with Crippen molar-refractivity contribution in [3.05, 3.63) is 107 Å². The Hall–Kier alpha value is -4.65. The molecule has 0 bridgehead atoms. The second-order valence-electron chi connectivity index (χ2n) is 7.43. The second-order valence-corrected chi connectivity index (χ2v) is 7.43. The van der Waals surface area contributed by atoms with E-state index in [-0.39, 0.29) is 11.5 Å². The van der Waals surface area contributed by atoms with Crippen molar-refractivity contribution < 1.29 is 23.8 Å². The topological polar surface area (TPSA) is 101 Å². The molecule has 1 aliphatic rings. The maximum atomic E-state index is 13.1. The molecule has 4 aromatic rings. The first-order chi connectivity index (χ1) is 16.1. The molecule has 0 spiro atoms. The first kappa shape index (κ1) is 20.3. The molecule has 5 rings (SSSR count). The van der Waals surface area contributed by atoms with Crippen molar-refractivity contribution in [3.8, 4) is 22.8 Å². The van der Waals surface area contributed by atoms with E-state index in [9.17, 15) is 9.59 Å². The molecule has 0 aliphatic carbocycles. The van der Waals surface area contributed by atoms with Gasteiger partial charge in [0, 0.05) is 16.7 Å². The van der Waals surface area contributed by atoms with Crippen molar-refractivity contribution in [1.82, 2.24) is 5.43 Å². The Bertz CT molecular complexity index is 1340. The number of aromatic carboxylic acids is 1. The highest BCUT2D eigenvalue weighted by atomic mass is 16.5. The molecule has 7 heteroatoms. The van der Waals surface area contributed by atoms with Crippen molar-refractivity contribution in [2.24, 2.45) is 5.10 Å². The summed E-state index contributed by atoms with van der Waals surface area (Å²) >= 11 is 0. The number of ether oxygens (including phenoxy) is 1. The van der Waals surface area contributed by atoms with Gasteiger partial charge in [-0.1, -0.05) is 48.5 Å². The zero-order valence-corrected chi connectivity index (χ0v) is 17.3. The van der Waals surface area contributed by atoms with Crippen molar-refractivity contribution in [2.45, 2.75) is 5.92 Å². The Balaban J connectivity index is 1.34. The van der Waals surface area contributed by atoms with Gasteiger partial charge in [0.15, 0.2) is 0 Å². The SMILES string of the molecule is O=C(O)c1cccc(-c2ccc(C=NNC(=O)C3c4ccccc4Oc4ccccc43)o2)c1. The van der Waals surface area contributed by atoms with Gasteiger partial charge in [-0.25, -0.2) is 10.2 Å². The fourth-order valence-electron chi connectivity index (χ4n) is 3.80. The molecule has 1 amide bonds. The number of nitrogens with one attached hydrogen (secondary N) is 1. The maximum absolute atomic E-state index is 13.1. The predicted octanol–water partition coefficient (Wildman–Crippen LogP) is 5.03. The number of carbonyl (C=O) groups excluding carboxylic acids is 1. The van der Waals surface area contributed by atoms with E-state index >= 15 is 0 Å². The lowest BCUT2D eigenvalue weighted by Crippen LogP contribution is -2.28. The fourth-order valence-corrected chi connectivity index (χ4v) is 3.80. The first-order valence-corrected chi connectivity index (χ1v) is 10.2. The number of carbonyl (C=O) groups is 2. The molecule has 0 saturated carbocycles. The molecule has 0 fully saturated rings. The van der Waals surface area contributed by atoms with Crippen molar-refractivity contribution in [2.75, 3.05) is 0 Å². The Morgan fingerprint density at radius 1 is 0.879 bits per heavy atom. The molecule has 2 N–H and O–H groups in total. The molecule has 0 unspecified atom stereocenters. The molecular formula is C26H18N2O5. The van der Waals surface area contributed by atoms with Gasteiger partial charge in [0.1, 0.15) is 23.0 Å². The van der Waals surface area contributed by atoms with E-state index in [1.807, 2.05) is 48.5 Å². The van der Waals surface area contributed by atoms with Gasteiger partial charge >= 0.3 is 5.97 Å². The van der Waals surface area contributed by atoms with E-state index in [2.05, 4.69) is 10.5 Å². The smallest absolute Gasteiger partial charge is 0.335 e. The van der Waals surface area contributed by atoms with E-state index < -0.39 is 11.9 Å². The number of carboxylic acid groups (broad SMARTS) is 1. The van der Waals surface area contributed by atoms with Crippen LogP contribution >= 0.6 is 0 Å². The van der Waals surface area contributed by atoms with Crippen LogP contribution in [0.25, 0.3) is 11.3 Å². The highest BCUT2D eigenvalue weighted by Crippen LogP contribution is 2.43. The molecule has 7 nitrogen and oxygen atoms in total. The van der Waals surface area contributed by atoms with E-state index in [1.54, 1.807) is 24.3 Å². The van der Waals surface area contributed by atoms with Gasteiger partial charge in [-0.3, -0.25) is 4.79 Å². The third-order valence-electron chi connectivity index (χ3n) is 5.33. The lowest BCUT2D eigenvalue weighted by atomic mass is 9.87. The molecule has 0 atom stereocenters. The minimum atomic E-state index is -1.01. The summed E-state index contributed by atoms with van der Waals surface area (Å²) in [5.41, 5.74) is 4.93. The number of carboxylic acids is 1. The van der Waals surface area contributed by atoms with Crippen LogP contribution in [0.3, 0.4) is 0 Å². The largest absolute Gasteiger partial charge is 0.478 e. The van der Waals surface area contributed by atoms with Crippen LogP contribution in [0.4, 0.5) is 0 Å². The molecule has 0 radical (unpaired) electrons. The average Bonchev–Trinajstić information content (AvgIpc) is 3.31. The molecule has 1 aromatic heterocycles. The minimum absolute atomic E-state index is 0.170. The van der Waals surface area contributed by atoms with Gasteiger partial charge in [0.2, 0.25) is 0 Å². The van der Waals surface area contributed by atoms with Crippen LogP contribution in [0, 0.1) is 0 Å². The summed E-state index contributed by atoms with van der Waals surface area (Å²) in [6.07, 6.45) is 1.40. The minimum Gasteiger partial charge on any atom is -0.478 e. The summed E-state index contributed by atoms with van der Waals surface area (Å²) in [5.74, 6) is 0.324. The summed E-state index contributed by atoms with van der Waals surface area (Å²) in [7, 11) is 0. The number of furan rings is 1. The van der Waals surface area contributed by atoms with Crippen molar-refractivity contribution >= 4 is 18.1 Å². The lowest BCUT2D eigenvalue weighted by Gasteiger charge is -2.26. The van der Waals surface area contributed by atoms with Crippen LogP contribution in [0.15, 0.2) is 94.4 Å². The third kappa shape index (κ3) is 3.99. The molecule has 1 aliphatic heterocycles. The van der Waals surface area contributed by atoms with Crippen molar-refractivity contribution in [3.63, 3.8) is 0 Å². The van der Waals surface area contributed by atoms with E-state index in [4.69, 9.17) is 14.3 Å². The highest BCUT2D eigenvalue weighted by molar-refractivity contribution is 5.91. The number of benzene rings is 3. The molecular weight excluding hydrogens is 420 g/mol. The van der Waals surface area contributed by atoms with Gasteiger partial charge in [0.25, 0.3) is 5.91 Å². The number of fused-ring (bicyclic) bond motifs is 2. The Morgan fingerprint density at radius 3 is 2.27 bits per heavy atom. The normalized spacial score (nSPS) is 12.6. The molecule has 2 heterocycles. The molecule has 0 saturated heterocycles. The fraction of sp³-hybridized carbons (Fsp3) is 0.0385. The van der Waals surface area contributed by atoms with Crippen LogP contribution < -0.4 is 10.2 Å². The average molecular weight is 438 g/mol. The number of rotatable bonds is 5. The summed E-state index contributed by atoms with van der Waals surface area (Å²) in [6, 6.07) is 24.7. The Morgan fingerprint density at radius 2 is 1.58 bits per heavy atom. The van der Waals surface area contributed by atoms with Crippen molar-refractivity contribution in [1.29, 1.82) is 0 Å². The zero-order chi connectivity index (χ0) is 22.8. The number of hydrogen-bond donors (Lipinski definition) is 2. The number of amides is 1. The summed E-state index contributed by atoms with van der Waals surface area (Å²) in [4.78, 5) is 24.3. The number of para-hydroxylation sites is 2. The van der Waals surface area contributed by atoms with Crippen LogP contribution in [0.2, 0.25) is 0 Å². The number of hydrogen-bond acceptors (Lipinski definition) is 5. The summed E-state index contributed by atoms with van der Waals surface area (Å²) < 4.78 is 11.7. The maximum Gasteiger partial charge on any atom is 0.335 e. The summed E-state index contributed by atoms with van der Waals surface area (Å²) in [6.45, 7) is 0. The number of hydrazone groups is 1. The molecule has 162 valence electrons. The first-order valence-electron chi connectivity index (χ1n) is 10.2. The van der Waals surface area contributed by atoms with E-state index in [0.717, 1.165) is 11.1 Å². The van der Waals surface area contributed by atoms with Gasteiger partial charge in [0.05, 0.1) is 17.7 Å². The number of nitrogens with zero attached hydrogens (tertiary/aromatic N) is 1. The molecule has 33 heavy (non-hydrogen) atoms. The highest BCUT2D eigenvalue weighted by Gasteiger charge is 2.32. The van der Waals surface area contributed by atoms with Crippen LogP contribution in [0.5, 0.6) is 11.5 Å². The monoisotopic (exact) mass is 438 g/mol. The second kappa shape index (κ2) is 8.47.